The van der Waals surface area contributed by atoms with E-state index in [2.05, 4.69) is 4.98 Å². The van der Waals surface area contributed by atoms with Gasteiger partial charge >= 0.3 is 0 Å². The van der Waals surface area contributed by atoms with Crippen LogP contribution in [0.1, 0.15) is 22.2 Å². The second-order valence-electron chi connectivity index (χ2n) is 5.03. The first-order chi connectivity index (χ1) is 11.1. The fourth-order valence-corrected chi connectivity index (χ4v) is 3.91. The van der Waals surface area contributed by atoms with Gasteiger partial charge in [-0.3, -0.25) is 9.78 Å². The Balaban J connectivity index is 1.95. The van der Waals surface area contributed by atoms with Crippen molar-refractivity contribution in [2.75, 3.05) is 6.54 Å². The number of benzene rings is 1. The van der Waals surface area contributed by atoms with E-state index in [1.807, 2.05) is 19.1 Å². The molecule has 3 rings (SSSR count). The standard InChI is InChI=1S/C17H14ClFN2OS/c1-2-21(10-11-6-8-20-9-7-11)17(22)16-15(18)14-12(19)4-3-5-13(14)23-16/h3-9H,2,10H2,1H3. The van der Waals surface area contributed by atoms with Crippen molar-refractivity contribution in [3.05, 3.63) is 64.0 Å². The van der Waals surface area contributed by atoms with Gasteiger partial charge in [-0.25, -0.2) is 4.39 Å². The van der Waals surface area contributed by atoms with E-state index in [9.17, 15) is 9.18 Å². The minimum Gasteiger partial charge on any atom is -0.334 e. The average Bonchev–Trinajstić information content (AvgIpc) is 2.91. The van der Waals surface area contributed by atoms with Crippen LogP contribution in [0.5, 0.6) is 0 Å². The Labute approximate surface area is 142 Å². The first kappa shape index (κ1) is 15.9. The van der Waals surface area contributed by atoms with Crippen molar-refractivity contribution in [3.63, 3.8) is 0 Å². The van der Waals surface area contributed by atoms with E-state index < -0.39 is 5.82 Å². The van der Waals surface area contributed by atoms with Crippen LogP contribution < -0.4 is 0 Å². The Hall–Kier alpha value is -1.98. The van der Waals surface area contributed by atoms with E-state index in [-0.39, 0.29) is 10.9 Å². The molecule has 3 nitrogen and oxygen atoms in total. The van der Waals surface area contributed by atoms with Gasteiger partial charge < -0.3 is 4.90 Å². The molecule has 118 valence electrons. The molecule has 0 bridgehead atoms. The molecule has 2 aromatic heterocycles. The summed E-state index contributed by atoms with van der Waals surface area (Å²) in [6, 6.07) is 8.46. The molecule has 2 heterocycles. The van der Waals surface area contributed by atoms with Crippen LogP contribution >= 0.6 is 22.9 Å². The van der Waals surface area contributed by atoms with Crippen LogP contribution in [0.2, 0.25) is 5.02 Å². The summed E-state index contributed by atoms with van der Waals surface area (Å²) in [5.74, 6) is -0.588. The summed E-state index contributed by atoms with van der Waals surface area (Å²) in [5.41, 5.74) is 0.985. The average molecular weight is 349 g/mol. The lowest BCUT2D eigenvalue weighted by molar-refractivity contribution is 0.0757. The molecule has 0 fully saturated rings. The molecule has 3 aromatic rings. The van der Waals surface area contributed by atoms with Gasteiger partial charge in [0.25, 0.3) is 5.91 Å². The van der Waals surface area contributed by atoms with E-state index in [0.29, 0.717) is 28.1 Å². The molecule has 1 aromatic carbocycles. The highest BCUT2D eigenvalue weighted by Gasteiger charge is 2.23. The molecule has 0 aliphatic carbocycles. The fraction of sp³-hybridized carbons (Fsp3) is 0.176. The van der Waals surface area contributed by atoms with E-state index >= 15 is 0 Å². The number of amides is 1. The zero-order valence-electron chi connectivity index (χ0n) is 12.4. The van der Waals surface area contributed by atoms with Crippen molar-refractivity contribution in [1.29, 1.82) is 0 Å². The normalized spacial score (nSPS) is 10.9. The maximum absolute atomic E-state index is 13.9. The van der Waals surface area contributed by atoms with Crippen LogP contribution in [0.3, 0.4) is 0 Å². The molecule has 0 aliphatic rings. The Morgan fingerprint density at radius 2 is 2.04 bits per heavy atom. The number of carbonyl (C=O) groups is 1. The van der Waals surface area contributed by atoms with Gasteiger partial charge in [-0.15, -0.1) is 11.3 Å². The summed E-state index contributed by atoms with van der Waals surface area (Å²) in [4.78, 5) is 18.8. The van der Waals surface area contributed by atoms with E-state index in [1.165, 1.54) is 17.4 Å². The van der Waals surface area contributed by atoms with Gasteiger partial charge in [-0.05, 0) is 36.8 Å². The number of hydrogen-bond acceptors (Lipinski definition) is 3. The van der Waals surface area contributed by atoms with Crippen molar-refractivity contribution in [3.8, 4) is 0 Å². The largest absolute Gasteiger partial charge is 0.334 e. The predicted molar refractivity (Wildman–Crippen MR) is 91.4 cm³/mol. The van der Waals surface area contributed by atoms with Gasteiger partial charge in [0.1, 0.15) is 10.7 Å². The zero-order chi connectivity index (χ0) is 16.4. The lowest BCUT2D eigenvalue weighted by Gasteiger charge is -2.20. The second-order valence-corrected chi connectivity index (χ2v) is 6.46. The topological polar surface area (TPSA) is 33.2 Å². The van der Waals surface area contributed by atoms with Crippen molar-refractivity contribution >= 4 is 38.9 Å². The van der Waals surface area contributed by atoms with Gasteiger partial charge in [0, 0.05) is 35.6 Å². The first-order valence-corrected chi connectivity index (χ1v) is 8.36. The summed E-state index contributed by atoms with van der Waals surface area (Å²) < 4.78 is 14.6. The maximum atomic E-state index is 13.9. The summed E-state index contributed by atoms with van der Waals surface area (Å²) in [7, 11) is 0. The molecule has 0 spiro atoms. The minimum absolute atomic E-state index is 0.185. The molecule has 6 heteroatoms. The molecule has 0 aliphatic heterocycles. The molecule has 0 saturated heterocycles. The van der Waals surface area contributed by atoms with Gasteiger partial charge in [0.2, 0.25) is 0 Å². The SMILES string of the molecule is CCN(Cc1ccncc1)C(=O)c1sc2cccc(F)c2c1Cl. The third-order valence-electron chi connectivity index (χ3n) is 3.59. The molecule has 0 saturated carbocycles. The molecule has 1 amide bonds. The lowest BCUT2D eigenvalue weighted by atomic mass is 10.2. The Kier molecular flexibility index (Phi) is 4.59. The third kappa shape index (κ3) is 3.07. The molecule has 0 N–H and O–H groups in total. The van der Waals surface area contributed by atoms with Gasteiger partial charge in [-0.1, -0.05) is 17.7 Å². The van der Waals surface area contributed by atoms with Crippen LogP contribution in [0.4, 0.5) is 4.39 Å². The van der Waals surface area contributed by atoms with Crippen molar-refractivity contribution in [1.82, 2.24) is 9.88 Å². The number of thiophene rings is 1. The molecular weight excluding hydrogens is 335 g/mol. The van der Waals surface area contributed by atoms with Crippen LogP contribution in [0, 0.1) is 5.82 Å². The molecule has 0 unspecified atom stereocenters. The van der Waals surface area contributed by atoms with E-state index in [1.54, 1.807) is 29.4 Å². The quantitative estimate of drug-likeness (QED) is 0.681. The van der Waals surface area contributed by atoms with Crippen LogP contribution in [-0.4, -0.2) is 22.3 Å². The van der Waals surface area contributed by atoms with Gasteiger partial charge in [0.05, 0.1) is 5.02 Å². The molecular formula is C17H14ClFN2OS. The second kappa shape index (κ2) is 6.64. The van der Waals surface area contributed by atoms with Crippen LogP contribution in [-0.2, 0) is 6.54 Å². The van der Waals surface area contributed by atoms with Gasteiger partial charge in [0.15, 0.2) is 0 Å². The highest BCUT2D eigenvalue weighted by molar-refractivity contribution is 7.21. The number of fused-ring (bicyclic) bond motifs is 1. The van der Waals surface area contributed by atoms with Crippen LogP contribution in [0.25, 0.3) is 10.1 Å². The minimum atomic E-state index is -0.403. The summed E-state index contributed by atoms with van der Waals surface area (Å²) in [6.45, 7) is 2.90. The molecule has 0 atom stereocenters. The number of aromatic nitrogens is 1. The number of hydrogen-bond donors (Lipinski definition) is 0. The summed E-state index contributed by atoms with van der Waals surface area (Å²) in [5, 5.41) is 0.517. The predicted octanol–water partition coefficient (Wildman–Crippen LogP) is 4.75. The Bertz CT molecular complexity index is 850. The number of pyridine rings is 1. The Morgan fingerprint density at radius 1 is 1.30 bits per heavy atom. The summed E-state index contributed by atoms with van der Waals surface area (Å²) >= 11 is 7.50. The maximum Gasteiger partial charge on any atom is 0.265 e. The third-order valence-corrected chi connectivity index (χ3v) is 5.23. The molecule has 0 radical (unpaired) electrons. The van der Waals surface area contributed by atoms with Crippen LogP contribution in [0.15, 0.2) is 42.7 Å². The molecule has 23 heavy (non-hydrogen) atoms. The number of halogens is 2. The number of nitrogens with zero attached hydrogens (tertiary/aromatic N) is 2. The monoisotopic (exact) mass is 348 g/mol. The number of carbonyl (C=O) groups excluding carboxylic acids is 1. The lowest BCUT2D eigenvalue weighted by Crippen LogP contribution is -2.29. The highest BCUT2D eigenvalue weighted by atomic mass is 35.5. The Morgan fingerprint density at radius 3 is 2.70 bits per heavy atom. The zero-order valence-corrected chi connectivity index (χ0v) is 14.0. The summed E-state index contributed by atoms with van der Waals surface area (Å²) in [6.07, 6.45) is 3.38. The van der Waals surface area contributed by atoms with Crippen molar-refractivity contribution in [2.24, 2.45) is 0 Å². The fourth-order valence-electron chi connectivity index (χ4n) is 2.39. The number of rotatable bonds is 4. The van der Waals surface area contributed by atoms with Gasteiger partial charge in [-0.2, -0.15) is 0 Å². The first-order valence-electron chi connectivity index (χ1n) is 7.16. The van der Waals surface area contributed by atoms with E-state index in [0.717, 1.165) is 5.56 Å². The highest BCUT2D eigenvalue weighted by Crippen LogP contribution is 2.37. The van der Waals surface area contributed by atoms with Crippen molar-refractivity contribution in [2.45, 2.75) is 13.5 Å². The van der Waals surface area contributed by atoms with Crippen molar-refractivity contribution < 1.29 is 9.18 Å². The van der Waals surface area contributed by atoms with E-state index in [4.69, 9.17) is 11.6 Å². The smallest absolute Gasteiger partial charge is 0.265 e.